The summed E-state index contributed by atoms with van der Waals surface area (Å²) in [6.07, 6.45) is 1.48. The van der Waals surface area contributed by atoms with Gasteiger partial charge in [0.05, 0.1) is 5.56 Å². The van der Waals surface area contributed by atoms with Crippen molar-refractivity contribution in [3.8, 4) is 5.75 Å². The number of ketones is 1. The van der Waals surface area contributed by atoms with E-state index in [1.54, 1.807) is 0 Å². The number of Topliss-reactive ketones (excluding diaryl/α,β-unsaturated/α-hetero) is 1. The van der Waals surface area contributed by atoms with Crippen molar-refractivity contribution in [1.29, 1.82) is 0 Å². The lowest BCUT2D eigenvalue weighted by atomic mass is 9.98. The predicted molar refractivity (Wildman–Crippen MR) is 54.8 cm³/mol. The lowest BCUT2D eigenvalue weighted by Gasteiger charge is -2.24. The fourth-order valence-electron chi connectivity index (χ4n) is 1.73. The Kier molecular flexibility index (Phi) is 2.28. The van der Waals surface area contributed by atoms with Crippen LogP contribution in [0.5, 0.6) is 5.75 Å². The molecule has 1 aromatic rings. The summed E-state index contributed by atoms with van der Waals surface area (Å²) in [6, 6.07) is 5.78. The molecule has 0 N–H and O–H groups in total. The van der Waals surface area contributed by atoms with Crippen LogP contribution < -0.4 is 4.74 Å². The quantitative estimate of drug-likeness (QED) is 0.680. The molecule has 2 nitrogen and oxygen atoms in total. The highest BCUT2D eigenvalue weighted by molar-refractivity contribution is 6.00. The molecule has 2 heteroatoms. The number of benzene rings is 1. The van der Waals surface area contributed by atoms with Crippen molar-refractivity contribution < 1.29 is 9.53 Å². The van der Waals surface area contributed by atoms with Gasteiger partial charge in [-0.15, -0.1) is 0 Å². The summed E-state index contributed by atoms with van der Waals surface area (Å²) in [4.78, 5) is 11.7. The van der Waals surface area contributed by atoms with Crippen molar-refractivity contribution in [2.24, 2.45) is 0 Å². The Labute approximate surface area is 83.9 Å². The first-order valence-corrected chi connectivity index (χ1v) is 5.01. The Morgan fingerprint density at radius 2 is 2.29 bits per heavy atom. The zero-order valence-corrected chi connectivity index (χ0v) is 8.54. The average molecular weight is 190 g/mol. The zero-order chi connectivity index (χ0) is 10.1. The maximum Gasteiger partial charge on any atom is 0.170 e. The number of ether oxygens (including phenoxy) is 1. The maximum absolute atomic E-state index is 11.7. The van der Waals surface area contributed by atoms with E-state index in [4.69, 9.17) is 4.74 Å². The van der Waals surface area contributed by atoms with Gasteiger partial charge in [-0.05, 0) is 25.5 Å². The molecule has 0 amide bonds. The smallest absolute Gasteiger partial charge is 0.170 e. The predicted octanol–water partition coefficient (Wildman–Crippen LogP) is 2.74. The molecule has 0 radical (unpaired) electrons. The first-order valence-electron chi connectivity index (χ1n) is 5.01. The van der Waals surface area contributed by atoms with E-state index >= 15 is 0 Å². The Hall–Kier alpha value is -1.31. The monoisotopic (exact) mass is 190 g/mol. The molecule has 0 bridgehead atoms. The van der Waals surface area contributed by atoms with Gasteiger partial charge in [0.15, 0.2) is 5.78 Å². The van der Waals surface area contributed by atoms with Gasteiger partial charge in [0.1, 0.15) is 11.9 Å². The number of carbonyl (C=O) groups excluding carboxylic acids is 1. The molecule has 0 spiro atoms. The molecule has 0 aromatic heterocycles. The molecule has 1 aliphatic heterocycles. The summed E-state index contributed by atoms with van der Waals surface area (Å²) < 4.78 is 5.69. The molecule has 0 unspecified atom stereocenters. The van der Waals surface area contributed by atoms with Crippen molar-refractivity contribution >= 4 is 5.78 Å². The van der Waals surface area contributed by atoms with E-state index in [9.17, 15) is 4.79 Å². The van der Waals surface area contributed by atoms with E-state index in [1.165, 1.54) is 0 Å². The molecule has 0 aliphatic carbocycles. The van der Waals surface area contributed by atoms with Crippen LogP contribution in [0.1, 0.15) is 35.7 Å². The van der Waals surface area contributed by atoms with Gasteiger partial charge >= 0.3 is 0 Å². The Morgan fingerprint density at radius 3 is 3.00 bits per heavy atom. The zero-order valence-electron chi connectivity index (χ0n) is 8.54. The van der Waals surface area contributed by atoms with Crippen molar-refractivity contribution in [2.75, 3.05) is 0 Å². The summed E-state index contributed by atoms with van der Waals surface area (Å²) >= 11 is 0. The van der Waals surface area contributed by atoms with E-state index in [0.717, 1.165) is 23.3 Å². The van der Waals surface area contributed by atoms with Crippen LogP contribution in [-0.2, 0) is 0 Å². The van der Waals surface area contributed by atoms with Gasteiger partial charge in [0, 0.05) is 6.42 Å². The first-order chi connectivity index (χ1) is 6.70. The summed E-state index contributed by atoms with van der Waals surface area (Å²) in [5.74, 6) is 0.959. The molecular weight excluding hydrogens is 176 g/mol. The highest BCUT2D eigenvalue weighted by atomic mass is 16.5. The number of hydrogen-bond donors (Lipinski definition) is 0. The minimum absolute atomic E-state index is 0.0673. The third kappa shape index (κ3) is 1.52. The summed E-state index contributed by atoms with van der Waals surface area (Å²) in [5, 5.41) is 0. The maximum atomic E-state index is 11.7. The van der Waals surface area contributed by atoms with Gasteiger partial charge in [-0.1, -0.05) is 18.6 Å². The fraction of sp³-hybridized carbons (Fsp3) is 0.417. The van der Waals surface area contributed by atoms with Crippen LogP contribution in [0, 0.1) is 6.92 Å². The molecule has 0 saturated heterocycles. The number of carbonyl (C=O) groups is 1. The van der Waals surface area contributed by atoms with E-state index in [1.807, 2.05) is 32.0 Å². The second-order valence-corrected chi connectivity index (χ2v) is 3.78. The third-order valence-corrected chi connectivity index (χ3v) is 2.60. The van der Waals surface area contributed by atoms with Crippen LogP contribution in [0.15, 0.2) is 18.2 Å². The largest absolute Gasteiger partial charge is 0.489 e. The minimum Gasteiger partial charge on any atom is -0.489 e. The van der Waals surface area contributed by atoms with Crippen LogP contribution in [0.2, 0.25) is 0 Å². The molecule has 14 heavy (non-hydrogen) atoms. The van der Waals surface area contributed by atoms with E-state index < -0.39 is 0 Å². The van der Waals surface area contributed by atoms with E-state index in [2.05, 4.69) is 0 Å². The third-order valence-electron chi connectivity index (χ3n) is 2.60. The normalized spacial score (nSPS) is 20.1. The fourth-order valence-corrected chi connectivity index (χ4v) is 1.73. The molecule has 0 fully saturated rings. The van der Waals surface area contributed by atoms with Gasteiger partial charge in [-0.3, -0.25) is 4.79 Å². The van der Waals surface area contributed by atoms with Crippen LogP contribution >= 0.6 is 0 Å². The second kappa shape index (κ2) is 3.45. The summed E-state index contributed by atoms with van der Waals surface area (Å²) in [5.41, 5.74) is 1.85. The SMILES string of the molecule is CC[C@@H]1CC(=O)c2cc(C)ccc2O1. The number of rotatable bonds is 1. The van der Waals surface area contributed by atoms with Crippen molar-refractivity contribution in [3.05, 3.63) is 29.3 Å². The summed E-state index contributed by atoms with van der Waals surface area (Å²) in [7, 11) is 0. The molecule has 1 heterocycles. The summed E-state index contributed by atoms with van der Waals surface area (Å²) in [6.45, 7) is 4.02. The van der Waals surface area contributed by atoms with E-state index in [0.29, 0.717) is 6.42 Å². The molecular formula is C12H14O2. The molecule has 1 aliphatic rings. The molecule has 1 aromatic carbocycles. The molecule has 2 rings (SSSR count). The van der Waals surface area contributed by atoms with Crippen molar-refractivity contribution in [3.63, 3.8) is 0 Å². The number of fused-ring (bicyclic) bond motifs is 1. The van der Waals surface area contributed by atoms with Crippen molar-refractivity contribution in [1.82, 2.24) is 0 Å². The standard InChI is InChI=1S/C12H14O2/c1-3-9-7-11(13)10-6-8(2)4-5-12(10)14-9/h4-6,9H,3,7H2,1-2H3/t9-/m1/s1. The second-order valence-electron chi connectivity index (χ2n) is 3.78. The number of aryl methyl sites for hydroxylation is 1. The van der Waals surface area contributed by atoms with Gasteiger partial charge in [0.25, 0.3) is 0 Å². The highest BCUT2D eigenvalue weighted by Gasteiger charge is 2.24. The molecule has 1 atom stereocenters. The lowest BCUT2D eigenvalue weighted by molar-refractivity contribution is 0.0845. The minimum atomic E-state index is 0.0673. The van der Waals surface area contributed by atoms with Crippen LogP contribution in [-0.4, -0.2) is 11.9 Å². The van der Waals surface area contributed by atoms with Crippen LogP contribution in [0.25, 0.3) is 0 Å². The lowest BCUT2D eigenvalue weighted by Crippen LogP contribution is -2.26. The Bertz CT molecular complexity index is 369. The topological polar surface area (TPSA) is 26.3 Å². The Morgan fingerprint density at radius 1 is 1.50 bits per heavy atom. The Balaban J connectivity index is 2.40. The molecule has 0 saturated carbocycles. The number of hydrogen-bond acceptors (Lipinski definition) is 2. The van der Waals surface area contributed by atoms with Crippen LogP contribution in [0.3, 0.4) is 0 Å². The van der Waals surface area contributed by atoms with Crippen LogP contribution in [0.4, 0.5) is 0 Å². The first kappa shape index (κ1) is 9.25. The van der Waals surface area contributed by atoms with Gasteiger partial charge in [-0.2, -0.15) is 0 Å². The molecule has 74 valence electrons. The average Bonchev–Trinajstić information content (AvgIpc) is 2.19. The van der Waals surface area contributed by atoms with Gasteiger partial charge < -0.3 is 4.74 Å². The van der Waals surface area contributed by atoms with E-state index in [-0.39, 0.29) is 11.9 Å². The van der Waals surface area contributed by atoms with Gasteiger partial charge in [-0.25, -0.2) is 0 Å². The van der Waals surface area contributed by atoms with Crippen molar-refractivity contribution in [2.45, 2.75) is 32.8 Å². The highest BCUT2D eigenvalue weighted by Crippen LogP contribution is 2.29. The van der Waals surface area contributed by atoms with Gasteiger partial charge in [0.2, 0.25) is 0 Å².